The quantitative estimate of drug-likeness (QED) is 0.387. The molecule has 0 saturated carbocycles. The summed E-state index contributed by atoms with van der Waals surface area (Å²) in [4.78, 5) is 45.1. The van der Waals surface area contributed by atoms with Gasteiger partial charge in [-0.3, -0.25) is 24.3 Å². The highest BCUT2D eigenvalue weighted by molar-refractivity contribution is 6.24. The molecule has 1 aromatic heterocycles. The fourth-order valence-corrected chi connectivity index (χ4v) is 6.17. The van der Waals surface area contributed by atoms with E-state index in [1.54, 1.807) is 26.4 Å². The van der Waals surface area contributed by atoms with Crippen LogP contribution in [0.2, 0.25) is 0 Å². The van der Waals surface area contributed by atoms with E-state index in [-0.39, 0.29) is 29.7 Å². The lowest BCUT2D eigenvalue weighted by atomic mass is 9.58. The SMILES string of the molecule is Cc1ccnc(-c2ccc(O)c3c2C[C@H]2C[C@H]4[C@@H](N(C)C)C(O)=C(C(N)=O)C(=O)[C@]4(O)C(O)=C2C3=O)c1. The lowest BCUT2D eigenvalue weighted by Gasteiger charge is -2.50. The maximum Gasteiger partial charge on any atom is 0.255 e. The molecule has 1 amide bonds. The number of hydrogen-bond acceptors (Lipinski definition) is 9. The number of nitrogens with zero attached hydrogens (tertiary/aromatic N) is 2. The van der Waals surface area contributed by atoms with Crippen LogP contribution >= 0.6 is 0 Å². The van der Waals surface area contributed by atoms with Gasteiger partial charge in [-0.1, -0.05) is 0 Å². The van der Waals surface area contributed by atoms with Gasteiger partial charge < -0.3 is 26.2 Å². The van der Waals surface area contributed by atoms with Crippen molar-refractivity contribution in [1.29, 1.82) is 0 Å². The molecule has 0 radical (unpaired) electrons. The van der Waals surface area contributed by atoms with Gasteiger partial charge in [0.05, 0.1) is 17.3 Å². The van der Waals surface area contributed by atoms with Crippen LogP contribution in [0.25, 0.3) is 11.3 Å². The molecular weight excluding hydrogens is 478 g/mol. The molecule has 0 bridgehead atoms. The predicted octanol–water partition coefficient (Wildman–Crippen LogP) is 1.49. The van der Waals surface area contributed by atoms with Crippen LogP contribution in [0.1, 0.15) is 27.9 Å². The average Bonchev–Trinajstić information content (AvgIpc) is 2.81. The highest BCUT2D eigenvalue weighted by Gasteiger charge is 2.63. The average molecular weight is 506 g/mol. The van der Waals surface area contributed by atoms with Crippen LogP contribution in [0.3, 0.4) is 0 Å². The van der Waals surface area contributed by atoms with E-state index in [0.717, 1.165) is 5.56 Å². The number of phenols is 1. The van der Waals surface area contributed by atoms with Gasteiger partial charge >= 0.3 is 0 Å². The van der Waals surface area contributed by atoms with E-state index in [4.69, 9.17) is 5.73 Å². The smallest absolute Gasteiger partial charge is 0.255 e. The van der Waals surface area contributed by atoms with E-state index < -0.39 is 58.0 Å². The first kappa shape index (κ1) is 24.7. The number of primary amides is 1. The molecule has 1 heterocycles. The van der Waals surface area contributed by atoms with Gasteiger partial charge in [-0.25, -0.2) is 0 Å². The van der Waals surface area contributed by atoms with E-state index in [0.29, 0.717) is 16.8 Å². The number of carbonyl (C=O) groups is 3. The van der Waals surface area contributed by atoms with Gasteiger partial charge in [0, 0.05) is 23.3 Å². The van der Waals surface area contributed by atoms with Gasteiger partial charge in [-0.2, -0.15) is 0 Å². The minimum absolute atomic E-state index is 0.0299. The standard InChI is InChI=1S/C27H27N3O7/c1-11-6-7-29-16(8-11)13-4-5-17(31)19-14(13)9-12-10-15-21(30(2)3)23(33)20(26(28)36)25(35)27(15,37)24(34)18(12)22(19)32/h4-8,12,15,21,31,33-34,37H,9-10H2,1-3H3,(H2,28,36)/t12-,15-,21+,27+/m0/s1. The molecule has 0 spiro atoms. The zero-order valence-corrected chi connectivity index (χ0v) is 20.5. The Morgan fingerprint density at radius 1 is 1.16 bits per heavy atom. The Labute approximate surface area is 212 Å². The number of amides is 1. The molecule has 3 aliphatic rings. The van der Waals surface area contributed by atoms with Crippen molar-refractivity contribution >= 4 is 17.5 Å². The fraction of sp³-hybridized carbons (Fsp3) is 0.333. The molecule has 3 aliphatic carbocycles. The Kier molecular flexibility index (Phi) is 5.50. The Hall–Kier alpha value is -4.02. The van der Waals surface area contributed by atoms with E-state index in [2.05, 4.69) is 4.98 Å². The number of rotatable bonds is 3. The number of likely N-dealkylation sites (N-methyl/N-ethyl adjacent to an activating group) is 1. The van der Waals surface area contributed by atoms with Crippen LogP contribution in [-0.4, -0.2) is 73.5 Å². The second-order valence-corrected chi connectivity index (χ2v) is 10.2. The van der Waals surface area contributed by atoms with E-state index in [1.807, 2.05) is 19.1 Å². The molecule has 4 atom stereocenters. The molecule has 5 rings (SSSR count). The zero-order chi connectivity index (χ0) is 27.0. The summed E-state index contributed by atoms with van der Waals surface area (Å²) in [6.45, 7) is 1.91. The van der Waals surface area contributed by atoms with Crippen molar-refractivity contribution in [2.45, 2.75) is 31.4 Å². The van der Waals surface area contributed by atoms with Crippen molar-refractivity contribution < 1.29 is 34.8 Å². The summed E-state index contributed by atoms with van der Waals surface area (Å²) in [6, 6.07) is 5.71. The number of phenolic OH excluding ortho intramolecular Hbond substituents is 1. The number of aromatic hydroxyl groups is 1. The van der Waals surface area contributed by atoms with E-state index in [1.165, 1.54) is 11.0 Å². The van der Waals surface area contributed by atoms with Crippen molar-refractivity contribution in [2.75, 3.05) is 14.1 Å². The van der Waals surface area contributed by atoms with Gasteiger partial charge in [0.2, 0.25) is 5.78 Å². The summed E-state index contributed by atoms with van der Waals surface area (Å²) in [6.07, 6.45) is 1.88. The number of nitrogens with two attached hydrogens (primary N) is 1. The van der Waals surface area contributed by atoms with Crippen LogP contribution in [0, 0.1) is 18.8 Å². The van der Waals surface area contributed by atoms with Gasteiger partial charge in [-0.05, 0) is 75.2 Å². The highest BCUT2D eigenvalue weighted by atomic mass is 16.3. The molecule has 0 saturated heterocycles. The largest absolute Gasteiger partial charge is 0.510 e. The van der Waals surface area contributed by atoms with Crippen molar-refractivity contribution in [3.63, 3.8) is 0 Å². The minimum atomic E-state index is -2.66. The molecule has 0 unspecified atom stereocenters. The predicted molar refractivity (Wildman–Crippen MR) is 132 cm³/mol. The molecule has 0 aliphatic heterocycles. The lowest BCUT2D eigenvalue weighted by molar-refractivity contribution is -0.148. The lowest BCUT2D eigenvalue weighted by Crippen LogP contribution is -2.63. The number of fused-ring (bicyclic) bond motifs is 3. The number of allylic oxidation sites excluding steroid dienone is 1. The number of aromatic nitrogens is 1. The number of aryl methyl sites for hydroxylation is 1. The van der Waals surface area contributed by atoms with Crippen LogP contribution in [0.5, 0.6) is 5.75 Å². The van der Waals surface area contributed by atoms with Crippen molar-refractivity contribution in [3.05, 3.63) is 69.8 Å². The molecule has 10 heteroatoms. The number of Topliss-reactive ketones (excluding diaryl/α,β-unsaturated/α-hetero) is 2. The third-order valence-corrected chi connectivity index (χ3v) is 7.80. The molecule has 192 valence electrons. The van der Waals surface area contributed by atoms with E-state index >= 15 is 0 Å². The fourth-order valence-electron chi connectivity index (χ4n) is 6.17. The summed E-state index contributed by atoms with van der Waals surface area (Å²) >= 11 is 0. The van der Waals surface area contributed by atoms with Crippen LogP contribution in [-0.2, 0) is 16.0 Å². The number of pyridine rings is 1. The summed E-state index contributed by atoms with van der Waals surface area (Å²) < 4.78 is 0. The summed E-state index contributed by atoms with van der Waals surface area (Å²) in [5.74, 6) is -6.74. The normalized spacial score (nSPS) is 27.2. The Balaban J connectivity index is 1.73. The summed E-state index contributed by atoms with van der Waals surface area (Å²) in [7, 11) is 3.18. The molecule has 0 fully saturated rings. The Bertz CT molecular complexity index is 1460. The Morgan fingerprint density at radius 2 is 1.86 bits per heavy atom. The van der Waals surface area contributed by atoms with Gasteiger partial charge in [-0.15, -0.1) is 0 Å². The monoisotopic (exact) mass is 505 g/mol. The molecule has 2 aromatic rings. The first-order valence-electron chi connectivity index (χ1n) is 11.8. The molecular formula is C27H27N3O7. The third-order valence-electron chi connectivity index (χ3n) is 7.80. The maximum absolute atomic E-state index is 13.8. The van der Waals surface area contributed by atoms with Gasteiger partial charge in [0.1, 0.15) is 22.8 Å². The third kappa shape index (κ3) is 3.32. The second-order valence-electron chi connectivity index (χ2n) is 10.2. The topological polar surface area (TPSA) is 174 Å². The van der Waals surface area contributed by atoms with Crippen LogP contribution < -0.4 is 5.73 Å². The number of hydrogen-bond donors (Lipinski definition) is 5. The van der Waals surface area contributed by atoms with Crippen LogP contribution in [0.4, 0.5) is 0 Å². The highest BCUT2D eigenvalue weighted by Crippen LogP contribution is 2.53. The van der Waals surface area contributed by atoms with Gasteiger partial charge in [0.25, 0.3) is 5.91 Å². The molecule has 1 aromatic carbocycles. The van der Waals surface area contributed by atoms with Gasteiger partial charge in [0.15, 0.2) is 11.4 Å². The maximum atomic E-state index is 13.8. The van der Waals surface area contributed by atoms with Crippen molar-refractivity contribution in [3.8, 4) is 17.0 Å². The number of benzene rings is 1. The summed E-state index contributed by atoms with van der Waals surface area (Å²) in [5.41, 5.74) is 4.38. The summed E-state index contributed by atoms with van der Waals surface area (Å²) in [5, 5.41) is 44.5. The van der Waals surface area contributed by atoms with Crippen molar-refractivity contribution in [1.82, 2.24) is 9.88 Å². The first-order chi connectivity index (χ1) is 17.4. The van der Waals surface area contributed by atoms with Crippen LogP contribution in [0.15, 0.2) is 53.1 Å². The second kappa shape index (κ2) is 8.25. The molecule has 6 N–H and O–H groups in total. The number of ketones is 2. The number of aliphatic hydroxyl groups excluding tert-OH is 2. The molecule has 10 nitrogen and oxygen atoms in total. The van der Waals surface area contributed by atoms with E-state index in [9.17, 15) is 34.8 Å². The number of aliphatic hydroxyl groups is 3. The van der Waals surface area contributed by atoms with Crippen molar-refractivity contribution in [2.24, 2.45) is 17.6 Å². The molecule has 37 heavy (non-hydrogen) atoms. The Morgan fingerprint density at radius 3 is 2.49 bits per heavy atom. The first-order valence-corrected chi connectivity index (χ1v) is 11.8. The zero-order valence-electron chi connectivity index (χ0n) is 20.5. The number of carbonyl (C=O) groups excluding carboxylic acids is 3. The minimum Gasteiger partial charge on any atom is -0.510 e.